The van der Waals surface area contributed by atoms with Gasteiger partial charge in [-0.05, 0) is 12.0 Å². The van der Waals surface area contributed by atoms with Gasteiger partial charge in [0.25, 0.3) is 0 Å². The van der Waals surface area contributed by atoms with Gasteiger partial charge in [0.05, 0.1) is 18.2 Å². The zero-order valence-corrected chi connectivity index (χ0v) is 13.1. The number of ether oxygens (including phenoxy) is 1. The summed E-state index contributed by atoms with van der Waals surface area (Å²) in [5.74, 6) is -1.75. The van der Waals surface area contributed by atoms with E-state index in [2.05, 4.69) is 5.32 Å². The van der Waals surface area contributed by atoms with Crippen LogP contribution in [0.15, 0.2) is 30.3 Å². The molecule has 1 saturated carbocycles. The normalized spacial score (nSPS) is 30.9. The van der Waals surface area contributed by atoms with Gasteiger partial charge in [-0.15, -0.1) is 0 Å². The summed E-state index contributed by atoms with van der Waals surface area (Å²) >= 11 is 0. The molecule has 3 fully saturated rings. The molecule has 7 heteroatoms. The van der Waals surface area contributed by atoms with Gasteiger partial charge >= 0.3 is 12.1 Å². The molecule has 1 unspecified atom stereocenters. The highest BCUT2D eigenvalue weighted by molar-refractivity contribution is 5.83. The van der Waals surface area contributed by atoms with Crippen molar-refractivity contribution in [2.75, 3.05) is 19.7 Å². The molecule has 1 N–H and O–H groups in total. The van der Waals surface area contributed by atoms with E-state index in [1.165, 1.54) is 0 Å². The van der Waals surface area contributed by atoms with Gasteiger partial charge in [0.15, 0.2) is 0 Å². The van der Waals surface area contributed by atoms with Crippen LogP contribution in [-0.2, 0) is 9.53 Å². The first-order valence-corrected chi connectivity index (χ1v) is 8.19. The van der Waals surface area contributed by atoms with E-state index in [0.717, 1.165) is 10.5 Å². The lowest BCUT2D eigenvalue weighted by Crippen LogP contribution is -2.60. The van der Waals surface area contributed by atoms with Gasteiger partial charge in [-0.25, -0.2) is 0 Å². The molecule has 0 radical (unpaired) electrons. The Hall–Kier alpha value is -1.60. The van der Waals surface area contributed by atoms with Crippen LogP contribution in [-0.4, -0.2) is 54.4 Å². The van der Waals surface area contributed by atoms with Gasteiger partial charge in [0.1, 0.15) is 0 Å². The largest absolute Gasteiger partial charge is 0.471 e. The number of nitrogens with zero attached hydrogens (tertiary/aromatic N) is 1. The zero-order chi connectivity index (χ0) is 16.9. The number of carbonyl (C=O) groups is 1. The van der Waals surface area contributed by atoms with Crippen molar-refractivity contribution in [2.45, 2.75) is 42.6 Å². The minimum absolute atomic E-state index is 0.0198. The quantitative estimate of drug-likeness (QED) is 0.916. The molecule has 1 spiro atoms. The van der Waals surface area contributed by atoms with Crippen LogP contribution in [0.25, 0.3) is 0 Å². The Labute approximate surface area is 138 Å². The van der Waals surface area contributed by atoms with E-state index in [1.54, 1.807) is 0 Å². The molecular formula is C17H19F3N2O2. The SMILES string of the molecule is O=C(N(C1COC2(CNC2)C1)[C@@H]1C[C@H]1c1ccccc1)C(F)(F)F. The third kappa shape index (κ3) is 2.69. The van der Waals surface area contributed by atoms with Crippen molar-refractivity contribution in [2.24, 2.45) is 0 Å². The van der Waals surface area contributed by atoms with Crippen molar-refractivity contribution >= 4 is 5.91 Å². The molecule has 1 amide bonds. The fourth-order valence-corrected chi connectivity index (χ4v) is 3.93. The number of halogens is 3. The summed E-state index contributed by atoms with van der Waals surface area (Å²) in [5.41, 5.74) is 0.604. The number of alkyl halides is 3. The van der Waals surface area contributed by atoms with Crippen molar-refractivity contribution in [3.63, 3.8) is 0 Å². The smallest absolute Gasteiger partial charge is 0.370 e. The molecule has 1 aromatic rings. The van der Waals surface area contributed by atoms with Crippen LogP contribution in [0.1, 0.15) is 24.3 Å². The Bertz CT molecular complexity index is 630. The van der Waals surface area contributed by atoms with E-state index in [0.29, 0.717) is 25.9 Å². The number of nitrogens with one attached hydrogen (secondary N) is 1. The van der Waals surface area contributed by atoms with Gasteiger partial charge in [-0.2, -0.15) is 13.2 Å². The van der Waals surface area contributed by atoms with Crippen molar-refractivity contribution in [1.29, 1.82) is 0 Å². The predicted molar refractivity (Wildman–Crippen MR) is 80.4 cm³/mol. The maximum absolute atomic E-state index is 13.1. The summed E-state index contributed by atoms with van der Waals surface area (Å²) in [6.07, 6.45) is -3.80. The van der Waals surface area contributed by atoms with E-state index >= 15 is 0 Å². The summed E-state index contributed by atoms with van der Waals surface area (Å²) in [4.78, 5) is 13.1. The van der Waals surface area contributed by atoms with Crippen LogP contribution >= 0.6 is 0 Å². The third-order valence-electron chi connectivity index (χ3n) is 5.30. The Kier molecular flexibility index (Phi) is 3.61. The van der Waals surface area contributed by atoms with Gasteiger partial charge in [0, 0.05) is 31.5 Å². The fourth-order valence-electron chi connectivity index (χ4n) is 3.93. The van der Waals surface area contributed by atoms with Crippen molar-refractivity contribution in [3.05, 3.63) is 35.9 Å². The number of rotatable bonds is 3. The maximum atomic E-state index is 13.1. The lowest BCUT2D eigenvalue weighted by Gasteiger charge is -2.38. The molecule has 130 valence electrons. The van der Waals surface area contributed by atoms with Crippen molar-refractivity contribution in [1.82, 2.24) is 10.2 Å². The molecule has 2 heterocycles. The molecule has 2 saturated heterocycles. The predicted octanol–water partition coefficient (Wildman–Crippen LogP) is 2.06. The monoisotopic (exact) mass is 340 g/mol. The summed E-state index contributed by atoms with van der Waals surface area (Å²) in [5, 5.41) is 3.09. The van der Waals surface area contributed by atoms with E-state index < -0.39 is 24.2 Å². The van der Waals surface area contributed by atoms with Crippen LogP contribution in [0.4, 0.5) is 13.2 Å². The first-order chi connectivity index (χ1) is 11.4. The average molecular weight is 340 g/mol. The molecule has 4 nitrogen and oxygen atoms in total. The zero-order valence-electron chi connectivity index (χ0n) is 13.1. The molecule has 0 bridgehead atoms. The fraction of sp³-hybridized carbons (Fsp3) is 0.588. The van der Waals surface area contributed by atoms with Crippen LogP contribution in [0.3, 0.4) is 0 Å². The van der Waals surface area contributed by atoms with Gasteiger partial charge in [-0.1, -0.05) is 30.3 Å². The molecular weight excluding hydrogens is 321 g/mol. The van der Waals surface area contributed by atoms with Gasteiger partial charge < -0.3 is 15.0 Å². The molecule has 0 aromatic heterocycles. The summed E-state index contributed by atoms with van der Waals surface area (Å²) in [7, 11) is 0. The van der Waals surface area contributed by atoms with Gasteiger partial charge in [0.2, 0.25) is 0 Å². The van der Waals surface area contributed by atoms with Crippen LogP contribution in [0.2, 0.25) is 0 Å². The number of benzene rings is 1. The molecule has 1 aliphatic carbocycles. The lowest BCUT2D eigenvalue weighted by atomic mass is 9.91. The second-order valence-electron chi connectivity index (χ2n) is 6.99. The van der Waals surface area contributed by atoms with E-state index in [9.17, 15) is 18.0 Å². The Morgan fingerprint density at radius 2 is 1.96 bits per heavy atom. The minimum Gasteiger partial charge on any atom is -0.370 e. The third-order valence-corrected chi connectivity index (χ3v) is 5.30. The highest BCUT2D eigenvalue weighted by Crippen LogP contribution is 2.48. The molecule has 1 aromatic carbocycles. The number of hydrogen-bond donors (Lipinski definition) is 1. The second kappa shape index (κ2) is 5.46. The maximum Gasteiger partial charge on any atom is 0.471 e. The van der Waals surface area contributed by atoms with Gasteiger partial charge in [-0.3, -0.25) is 4.79 Å². The van der Waals surface area contributed by atoms with E-state index in [-0.39, 0.29) is 18.1 Å². The van der Waals surface area contributed by atoms with Crippen molar-refractivity contribution in [3.8, 4) is 0 Å². The standard InChI is InChI=1S/C17H19F3N2O2/c18-17(19,20)15(23)22(12-7-16(24-8-12)9-21-10-16)14-6-13(14)11-4-2-1-3-5-11/h1-5,12-14,21H,6-10H2/t12?,13-,14+/m0/s1. The van der Waals surface area contributed by atoms with E-state index in [4.69, 9.17) is 4.74 Å². The number of amides is 1. The number of carbonyl (C=O) groups excluding carboxylic acids is 1. The van der Waals surface area contributed by atoms with Crippen LogP contribution < -0.4 is 5.32 Å². The first-order valence-electron chi connectivity index (χ1n) is 8.19. The Morgan fingerprint density at radius 1 is 1.25 bits per heavy atom. The number of hydrogen-bond acceptors (Lipinski definition) is 3. The minimum atomic E-state index is -4.85. The van der Waals surface area contributed by atoms with E-state index in [1.807, 2.05) is 30.3 Å². The molecule has 2 aliphatic heterocycles. The highest BCUT2D eigenvalue weighted by atomic mass is 19.4. The topological polar surface area (TPSA) is 41.6 Å². The molecule has 4 rings (SSSR count). The summed E-state index contributed by atoms with van der Waals surface area (Å²) in [6, 6.07) is 8.53. The molecule has 24 heavy (non-hydrogen) atoms. The lowest BCUT2D eigenvalue weighted by molar-refractivity contribution is -0.188. The average Bonchev–Trinajstić information content (AvgIpc) is 3.15. The first kappa shape index (κ1) is 15.9. The van der Waals surface area contributed by atoms with Crippen LogP contribution in [0, 0.1) is 0 Å². The molecule has 3 aliphatic rings. The Balaban J connectivity index is 1.55. The second-order valence-corrected chi connectivity index (χ2v) is 6.99. The highest BCUT2D eigenvalue weighted by Gasteiger charge is 2.57. The molecule has 3 atom stereocenters. The summed E-state index contributed by atoms with van der Waals surface area (Å²) in [6.45, 7) is 1.47. The summed E-state index contributed by atoms with van der Waals surface area (Å²) < 4.78 is 45.1. The Morgan fingerprint density at radius 3 is 2.50 bits per heavy atom. The van der Waals surface area contributed by atoms with Crippen LogP contribution in [0.5, 0.6) is 0 Å². The van der Waals surface area contributed by atoms with Crippen molar-refractivity contribution < 1.29 is 22.7 Å².